The molecule has 1 aliphatic rings. The molecule has 0 saturated carbocycles. The van der Waals surface area contributed by atoms with E-state index in [4.69, 9.17) is 4.74 Å². The van der Waals surface area contributed by atoms with Gasteiger partial charge < -0.3 is 15.0 Å². The average Bonchev–Trinajstić information content (AvgIpc) is 3.29. The minimum Gasteiger partial charge on any atom is -0.490 e. The molecular formula is C24H26N2O2S. The van der Waals surface area contributed by atoms with Crippen LogP contribution in [0.2, 0.25) is 0 Å². The number of likely N-dealkylation sites (tertiary alicyclic amines) is 1. The topological polar surface area (TPSA) is 41.6 Å². The fourth-order valence-corrected chi connectivity index (χ4v) is 4.22. The predicted octanol–water partition coefficient (Wildman–Crippen LogP) is 4.82. The molecule has 0 atom stereocenters. The fourth-order valence-electron chi connectivity index (χ4n) is 3.55. The Balaban J connectivity index is 1.32. The molecule has 29 heavy (non-hydrogen) atoms. The molecule has 2 aromatic carbocycles. The fraction of sp³-hybridized carbons (Fsp3) is 0.292. The van der Waals surface area contributed by atoms with Gasteiger partial charge in [0.05, 0.1) is 0 Å². The maximum absolute atomic E-state index is 12.5. The third kappa shape index (κ3) is 5.25. The Morgan fingerprint density at radius 2 is 1.90 bits per heavy atom. The molecule has 1 aliphatic heterocycles. The van der Waals surface area contributed by atoms with E-state index in [1.165, 1.54) is 5.56 Å². The SMILES string of the molecule is CN1CCC(Oc2cccc(CNC(=O)c3ccc(-c4ccsc4)cc3)c2)CC1. The number of amides is 1. The molecule has 1 fully saturated rings. The quantitative estimate of drug-likeness (QED) is 0.638. The molecule has 1 saturated heterocycles. The highest BCUT2D eigenvalue weighted by Gasteiger charge is 2.18. The van der Waals surface area contributed by atoms with Crippen molar-refractivity contribution in [2.24, 2.45) is 0 Å². The van der Waals surface area contributed by atoms with E-state index in [0.29, 0.717) is 12.1 Å². The molecule has 2 heterocycles. The smallest absolute Gasteiger partial charge is 0.251 e. The summed E-state index contributed by atoms with van der Waals surface area (Å²) in [4.78, 5) is 14.8. The highest BCUT2D eigenvalue weighted by Crippen LogP contribution is 2.23. The van der Waals surface area contributed by atoms with E-state index in [9.17, 15) is 4.79 Å². The molecule has 4 rings (SSSR count). The first kappa shape index (κ1) is 19.7. The van der Waals surface area contributed by atoms with Crippen LogP contribution in [0.25, 0.3) is 11.1 Å². The summed E-state index contributed by atoms with van der Waals surface area (Å²) in [6.07, 6.45) is 2.38. The first-order valence-electron chi connectivity index (χ1n) is 10.0. The van der Waals surface area contributed by atoms with Crippen LogP contribution in [0.1, 0.15) is 28.8 Å². The van der Waals surface area contributed by atoms with Crippen molar-refractivity contribution in [1.82, 2.24) is 10.2 Å². The number of carbonyl (C=O) groups excluding carboxylic acids is 1. The second-order valence-corrected chi connectivity index (χ2v) is 8.32. The van der Waals surface area contributed by atoms with Gasteiger partial charge in [0.25, 0.3) is 5.91 Å². The number of ether oxygens (including phenoxy) is 1. The van der Waals surface area contributed by atoms with Gasteiger partial charge in [-0.25, -0.2) is 0 Å². The molecule has 1 amide bonds. The molecule has 3 aromatic rings. The minimum absolute atomic E-state index is 0.0662. The summed E-state index contributed by atoms with van der Waals surface area (Å²) in [5.74, 6) is 0.815. The summed E-state index contributed by atoms with van der Waals surface area (Å²) in [6, 6.07) is 17.8. The first-order valence-corrected chi connectivity index (χ1v) is 11.0. The number of hydrogen-bond acceptors (Lipinski definition) is 4. The molecule has 0 bridgehead atoms. The van der Waals surface area contributed by atoms with Gasteiger partial charge in [0, 0.05) is 25.2 Å². The van der Waals surface area contributed by atoms with Crippen LogP contribution in [0, 0.1) is 0 Å². The van der Waals surface area contributed by atoms with Gasteiger partial charge in [0.2, 0.25) is 0 Å². The van der Waals surface area contributed by atoms with Crippen LogP contribution in [-0.4, -0.2) is 37.0 Å². The van der Waals surface area contributed by atoms with Crippen molar-refractivity contribution in [3.8, 4) is 16.9 Å². The first-order chi connectivity index (χ1) is 14.2. The van der Waals surface area contributed by atoms with E-state index in [2.05, 4.69) is 34.1 Å². The summed E-state index contributed by atoms with van der Waals surface area (Å²) >= 11 is 1.67. The summed E-state index contributed by atoms with van der Waals surface area (Å²) in [7, 11) is 2.15. The second kappa shape index (κ2) is 9.25. The number of rotatable bonds is 6. The molecule has 5 heteroatoms. The Morgan fingerprint density at radius 1 is 1.10 bits per heavy atom. The molecule has 0 radical (unpaired) electrons. The van der Waals surface area contributed by atoms with E-state index in [0.717, 1.165) is 42.8 Å². The standard InChI is InChI=1S/C24H26N2O2S/c1-26-12-9-22(10-13-26)28-23-4-2-3-18(15-23)16-25-24(27)20-7-5-19(6-8-20)21-11-14-29-17-21/h2-8,11,14-15,17,22H,9-10,12-13,16H2,1H3,(H,25,27). The molecule has 150 valence electrons. The van der Waals surface area contributed by atoms with Crippen molar-refractivity contribution in [2.45, 2.75) is 25.5 Å². The van der Waals surface area contributed by atoms with Crippen molar-refractivity contribution in [3.63, 3.8) is 0 Å². The van der Waals surface area contributed by atoms with Gasteiger partial charge in [-0.2, -0.15) is 11.3 Å². The molecule has 4 nitrogen and oxygen atoms in total. The van der Waals surface area contributed by atoms with Gasteiger partial charge in [0.15, 0.2) is 0 Å². The van der Waals surface area contributed by atoms with E-state index >= 15 is 0 Å². The van der Waals surface area contributed by atoms with Gasteiger partial charge >= 0.3 is 0 Å². The number of hydrogen-bond donors (Lipinski definition) is 1. The molecule has 0 aliphatic carbocycles. The Hall–Kier alpha value is -2.63. The Morgan fingerprint density at radius 3 is 2.62 bits per heavy atom. The van der Waals surface area contributed by atoms with Crippen LogP contribution in [0.4, 0.5) is 0 Å². The lowest BCUT2D eigenvalue weighted by Crippen LogP contribution is -2.35. The Bertz CT molecular complexity index is 930. The van der Waals surface area contributed by atoms with Crippen molar-refractivity contribution in [3.05, 3.63) is 76.5 Å². The van der Waals surface area contributed by atoms with Crippen LogP contribution >= 0.6 is 11.3 Å². The van der Waals surface area contributed by atoms with Crippen molar-refractivity contribution < 1.29 is 9.53 Å². The van der Waals surface area contributed by atoms with Gasteiger partial charge in [-0.15, -0.1) is 0 Å². The van der Waals surface area contributed by atoms with Crippen LogP contribution in [-0.2, 0) is 6.54 Å². The zero-order chi connectivity index (χ0) is 20.1. The average molecular weight is 407 g/mol. The lowest BCUT2D eigenvalue weighted by atomic mass is 10.1. The molecule has 1 aromatic heterocycles. The van der Waals surface area contributed by atoms with E-state index < -0.39 is 0 Å². The van der Waals surface area contributed by atoms with E-state index in [1.807, 2.05) is 48.5 Å². The highest BCUT2D eigenvalue weighted by atomic mass is 32.1. The summed E-state index contributed by atoms with van der Waals surface area (Å²) < 4.78 is 6.15. The van der Waals surface area contributed by atoms with Crippen LogP contribution < -0.4 is 10.1 Å². The monoisotopic (exact) mass is 406 g/mol. The second-order valence-electron chi connectivity index (χ2n) is 7.54. The zero-order valence-corrected chi connectivity index (χ0v) is 17.5. The summed E-state index contributed by atoms with van der Waals surface area (Å²) in [5, 5.41) is 7.17. The maximum atomic E-state index is 12.5. The van der Waals surface area contributed by atoms with Crippen LogP contribution in [0.15, 0.2) is 65.4 Å². The minimum atomic E-state index is -0.0662. The third-order valence-corrected chi connectivity index (χ3v) is 6.00. The van der Waals surface area contributed by atoms with E-state index in [-0.39, 0.29) is 12.0 Å². The Kier molecular flexibility index (Phi) is 6.27. The third-order valence-electron chi connectivity index (χ3n) is 5.32. The van der Waals surface area contributed by atoms with Crippen molar-refractivity contribution in [2.75, 3.05) is 20.1 Å². The normalized spacial score (nSPS) is 15.2. The lowest BCUT2D eigenvalue weighted by Gasteiger charge is -2.29. The van der Waals surface area contributed by atoms with Crippen LogP contribution in [0.3, 0.4) is 0 Å². The van der Waals surface area contributed by atoms with Gasteiger partial charge in [-0.05, 0) is 77.7 Å². The zero-order valence-electron chi connectivity index (χ0n) is 16.6. The number of carbonyl (C=O) groups is 1. The predicted molar refractivity (Wildman–Crippen MR) is 119 cm³/mol. The summed E-state index contributed by atoms with van der Waals surface area (Å²) in [6.45, 7) is 2.63. The van der Waals surface area contributed by atoms with Crippen LogP contribution in [0.5, 0.6) is 5.75 Å². The van der Waals surface area contributed by atoms with E-state index in [1.54, 1.807) is 11.3 Å². The number of piperidine rings is 1. The van der Waals surface area contributed by atoms with Gasteiger partial charge in [-0.3, -0.25) is 4.79 Å². The van der Waals surface area contributed by atoms with Crippen molar-refractivity contribution >= 4 is 17.2 Å². The van der Waals surface area contributed by atoms with Gasteiger partial charge in [-0.1, -0.05) is 24.3 Å². The van der Waals surface area contributed by atoms with Crippen molar-refractivity contribution in [1.29, 1.82) is 0 Å². The highest BCUT2D eigenvalue weighted by molar-refractivity contribution is 7.08. The molecular weight excluding hydrogens is 380 g/mol. The largest absolute Gasteiger partial charge is 0.490 e. The number of benzene rings is 2. The number of nitrogens with one attached hydrogen (secondary N) is 1. The summed E-state index contributed by atoms with van der Waals surface area (Å²) in [5.41, 5.74) is 4.02. The lowest BCUT2D eigenvalue weighted by molar-refractivity contribution is 0.0950. The van der Waals surface area contributed by atoms with Gasteiger partial charge in [0.1, 0.15) is 11.9 Å². The Labute approximate surface area is 176 Å². The number of thiophene rings is 1. The number of nitrogens with zero attached hydrogens (tertiary/aromatic N) is 1. The maximum Gasteiger partial charge on any atom is 0.251 e. The molecule has 0 spiro atoms. The molecule has 0 unspecified atom stereocenters. The molecule has 1 N–H and O–H groups in total.